The number of aryl methyl sites for hydroxylation is 1. The SMILES string of the molecule is COC(=O)c1ccc(CCC(=O)OCC2CCCC2)cc1. The van der Waals surface area contributed by atoms with Gasteiger partial charge < -0.3 is 9.47 Å². The van der Waals surface area contributed by atoms with Gasteiger partial charge in [0.1, 0.15) is 0 Å². The number of esters is 2. The minimum absolute atomic E-state index is 0.140. The molecule has 1 aromatic carbocycles. The van der Waals surface area contributed by atoms with E-state index in [2.05, 4.69) is 4.74 Å². The van der Waals surface area contributed by atoms with Crippen molar-refractivity contribution in [3.05, 3.63) is 35.4 Å². The predicted molar refractivity (Wildman–Crippen MR) is 79.0 cm³/mol. The molecule has 1 aliphatic rings. The molecule has 0 saturated heterocycles. The molecule has 1 aliphatic carbocycles. The molecular formula is C17H22O4. The van der Waals surface area contributed by atoms with Gasteiger partial charge in [-0.15, -0.1) is 0 Å². The van der Waals surface area contributed by atoms with E-state index in [0.717, 1.165) is 5.56 Å². The van der Waals surface area contributed by atoms with E-state index in [0.29, 0.717) is 30.9 Å². The number of benzene rings is 1. The average Bonchev–Trinajstić information content (AvgIpc) is 3.04. The molecular weight excluding hydrogens is 268 g/mol. The summed E-state index contributed by atoms with van der Waals surface area (Å²) in [6.45, 7) is 0.570. The van der Waals surface area contributed by atoms with Crippen LogP contribution in [0.2, 0.25) is 0 Å². The topological polar surface area (TPSA) is 52.6 Å². The standard InChI is InChI=1S/C17H22O4/c1-20-17(19)15-9-6-13(7-10-15)8-11-16(18)21-12-14-4-2-3-5-14/h6-7,9-10,14H,2-5,8,11-12H2,1H3. The van der Waals surface area contributed by atoms with Gasteiger partial charge in [-0.1, -0.05) is 25.0 Å². The van der Waals surface area contributed by atoms with Crippen LogP contribution in [0, 0.1) is 5.92 Å². The molecule has 0 atom stereocenters. The lowest BCUT2D eigenvalue weighted by Gasteiger charge is -2.10. The van der Waals surface area contributed by atoms with Gasteiger partial charge in [0.2, 0.25) is 0 Å². The van der Waals surface area contributed by atoms with Crippen molar-refractivity contribution < 1.29 is 19.1 Å². The van der Waals surface area contributed by atoms with E-state index in [1.54, 1.807) is 12.1 Å². The van der Waals surface area contributed by atoms with Crippen LogP contribution in [0.3, 0.4) is 0 Å². The lowest BCUT2D eigenvalue weighted by Crippen LogP contribution is -2.12. The van der Waals surface area contributed by atoms with Crippen molar-refractivity contribution in [1.29, 1.82) is 0 Å². The highest BCUT2D eigenvalue weighted by atomic mass is 16.5. The Kier molecular flexibility index (Phi) is 5.78. The van der Waals surface area contributed by atoms with Crippen LogP contribution >= 0.6 is 0 Å². The summed E-state index contributed by atoms with van der Waals surface area (Å²) in [5, 5.41) is 0. The summed E-state index contributed by atoms with van der Waals surface area (Å²) in [4.78, 5) is 23.0. The summed E-state index contributed by atoms with van der Waals surface area (Å²) in [7, 11) is 1.36. The van der Waals surface area contributed by atoms with E-state index in [9.17, 15) is 9.59 Å². The van der Waals surface area contributed by atoms with E-state index >= 15 is 0 Å². The fraction of sp³-hybridized carbons (Fsp3) is 0.529. The maximum atomic E-state index is 11.7. The van der Waals surface area contributed by atoms with Gasteiger partial charge in [-0.3, -0.25) is 4.79 Å². The first-order valence-electron chi connectivity index (χ1n) is 7.52. The summed E-state index contributed by atoms with van der Waals surface area (Å²) in [5.41, 5.74) is 1.53. The molecule has 0 spiro atoms. The van der Waals surface area contributed by atoms with Gasteiger partial charge in [-0.05, 0) is 42.9 Å². The van der Waals surface area contributed by atoms with Crippen molar-refractivity contribution in [2.24, 2.45) is 5.92 Å². The molecule has 0 heterocycles. The fourth-order valence-corrected chi connectivity index (χ4v) is 2.63. The predicted octanol–water partition coefficient (Wildman–Crippen LogP) is 3.14. The zero-order valence-corrected chi connectivity index (χ0v) is 12.5. The van der Waals surface area contributed by atoms with Gasteiger partial charge in [-0.2, -0.15) is 0 Å². The maximum Gasteiger partial charge on any atom is 0.337 e. The lowest BCUT2D eigenvalue weighted by molar-refractivity contribution is -0.144. The van der Waals surface area contributed by atoms with Crippen molar-refractivity contribution in [2.75, 3.05) is 13.7 Å². The number of hydrogen-bond acceptors (Lipinski definition) is 4. The maximum absolute atomic E-state index is 11.7. The third-order valence-electron chi connectivity index (χ3n) is 3.95. The number of carbonyl (C=O) groups excluding carboxylic acids is 2. The lowest BCUT2D eigenvalue weighted by atomic mass is 10.1. The molecule has 114 valence electrons. The fourth-order valence-electron chi connectivity index (χ4n) is 2.63. The molecule has 0 radical (unpaired) electrons. The molecule has 0 aromatic heterocycles. The van der Waals surface area contributed by atoms with Crippen LogP contribution in [0.5, 0.6) is 0 Å². The van der Waals surface area contributed by atoms with E-state index < -0.39 is 0 Å². The normalized spacial score (nSPS) is 14.9. The molecule has 4 nitrogen and oxygen atoms in total. The first-order valence-corrected chi connectivity index (χ1v) is 7.52. The second-order valence-corrected chi connectivity index (χ2v) is 5.52. The smallest absolute Gasteiger partial charge is 0.337 e. The molecule has 0 N–H and O–H groups in total. The van der Waals surface area contributed by atoms with E-state index in [4.69, 9.17) is 4.74 Å². The third kappa shape index (κ3) is 4.88. The highest BCUT2D eigenvalue weighted by molar-refractivity contribution is 5.89. The molecule has 2 rings (SSSR count). The molecule has 0 aliphatic heterocycles. The first-order chi connectivity index (χ1) is 10.2. The van der Waals surface area contributed by atoms with Crippen LogP contribution in [0.15, 0.2) is 24.3 Å². The van der Waals surface area contributed by atoms with Gasteiger partial charge in [0.15, 0.2) is 0 Å². The number of methoxy groups -OCH3 is 1. The summed E-state index contributed by atoms with van der Waals surface area (Å²) >= 11 is 0. The van der Waals surface area contributed by atoms with Gasteiger partial charge in [0, 0.05) is 6.42 Å². The van der Waals surface area contributed by atoms with Crippen LogP contribution in [0.25, 0.3) is 0 Å². The minimum atomic E-state index is -0.350. The van der Waals surface area contributed by atoms with Crippen LogP contribution in [-0.4, -0.2) is 25.7 Å². The van der Waals surface area contributed by atoms with E-state index in [1.165, 1.54) is 32.8 Å². The summed E-state index contributed by atoms with van der Waals surface area (Å²) in [5.74, 6) is 0.0738. The van der Waals surface area contributed by atoms with E-state index in [1.807, 2.05) is 12.1 Å². The van der Waals surface area contributed by atoms with E-state index in [-0.39, 0.29) is 11.9 Å². The molecule has 0 unspecified atom stereocenters. The Hall–Kier alpha value is -1.84. The molecule has 1 saturated carbocycles. The number of rotatable bonds is 6. The third-order valence-corrected chi connectivity index (χ3v) is 3.95. The van der Waals surface area contributed by atoms with Crippen molar-refractivity contribution in [3.8, 4) is 0 Å². The Balaban J connectivity index is 1.71. The second-order valence-electron chi connectivity index (χ2n) is 5.52. The Labute approximate surface area is 125 Å². The van der Waals surface area contributed by atoms with Crippen LogP contribution in [0.4, 0.5) is 0 Å². The molecule has 4 heteroatoms. The zero-order chi connectivity index (χ0) is 15.1. The Morgan fingerprint density at radius 1 is 1.14 bits per heavy atom. The second kappa shape index (κ2) is 7.81. The number of hydrogen-bond donors (Lipinski definition) is 0. The number of carbonyl (C=O) groups is 2. The first kappa shape index (κ1) is 15.5. The summed E-state index contributed by atoms with van der Waals surface area (Å²) in [6, 6.07) is 7.11. The average molecular weight is 290 g/mol. The Morgan fingerprint density at radius 3 is 2.43 bits per heavy atom. The van der Waals surface area contributed by atoms with Crippen LogP contribution < -0.4 is 0 Å². The molecule has 0 amide bonds. The number of ether oxygens (including phenoxy) is 2. The molecule has 0 bridgehead atoms. The van der Waals surface area contributed by atoms with Gasteiger partial charge in [-0.25, -0.2) is 4.79 Å². The monoisotopic (exact) mass is 290 g/mol. The van der Waals surface area contributed by atoms with Crippen molar-refractivity contribution in [2.45, 2.75) is 38.5 Å². The Morgan fingerprint density at radius 2 is 1.81 bits per heavy atom. The van der Waals surface area contributed by atoms with Gasteiger partial charge in [0.25, 0.3) is 0 Å². The van der Waals surface area contributed by atoms with Gasteiger partial charge in [0.05, 0.1) is 19.3 Å². The zero-order valence-electron chi connectivity index (χ0n) is 12.5. The molecule has 1 fully saturated rings. The van der Waals surface area contributed by atoms with Gasteiger partial charge >= 0.3 is 11.9 Å². The highest BCUT2D eigenvalue weighted by Gasteiger charge is 2.16. The molecule has 1 aromatic rings. The summed E-state index contributed by atoms with van der Waals surface area (Å²) < 4.78 is 9.96. The van der Waals surface area contributed by atoms with Crippen LogP contribution in [0.1, 0.15) is 48.0 Å². The van der Waals surface area contributed by atoms with Crippen molar-refractivity contribution in [3.63, 3.8) is 0 Å². The highest BCUT2D eigenvalue weighted by Crippen LogP contribution is 2.24. The largest absolute Gasteiger partial charge is 0.465 e. The van der Waals surface area contributed by atoms with Crippen molar-refractivity contribution in [1.82, 2.24) is 0 Å². The summed E-state index contributed by atoms with van der Waals surface area (Å²) in [6.07, 6.45) is 5.89. The quantitative estimate of drug-likeness (QED) is 0.755. The van der Waals surface area contributed by atoms with Crippen molar-refractivity contribution >= 4 is 11.9 Å². The molecule has 21 heavy (non-hydrogen) atoms. The Bertz CT molecular complexity index is 472. The minimum Gasteiger partial charge on any atom is -0.465 e. The van der Waals surface area contributed by atoms with Crippen LogP contribution in [-0.2, 0) is 20.7 Å².